The van der Waals surface area contributed by atoms with Crippen LogP contribution < -0.4 is 5.32 Å². The smallest absolute Gasteiger partial charge is 0.248 e. The minimum Gasteiger partial charge on any atom is -0.344 e. The molecule has 2 aromatic heterocycles. The van der Waals surface area contributed by atoms with E-state index in [1.165, 1.54) is 0 Å². The monoisotopic (exact) mass is 367 g/mol. The zero-order valence-corrected chi connectivity index (χ0v) is 15.7. The van der Waals surface area contributed by atoms with E-state index in [1.807, 2.05) is 24.3 Å². The van der Waals surface area contributed by atoms with Crippen molar-refractivity contribution in [2.24, 2.45) is 5.92 Å². The van der Waals surface area contributed by atoms with Crippen molar-refractivity contribution in [3.05, 3.63) is 36.4 Å². The highest BCUT2D eigenvalue weighted by molar-refractivity contribution is 5.85. The summed E-state index contributed by atoms with van der Waals surface area (Å²) in [5.74, 6) is 0.930. The zero-order chi connectivity index (χ0) is 18.9. The van der Waals surface area contributed by atoms with Crippen molar-refractivity contribution in [3.8, 4) is 0 Å². The average Bonchev–Trinajstić information content (AvgIpc) is 3.35. The molecular weight excluding hydrogens is 342 g/mol. The van der Waals surface area contributed by atoms with Crippen LogP contribution in [0.3, 0.4) is 0 Å². The van der Waals surface area contributed by atoms with E-state index in [2.05, 4.69) is 39.7 Å². The van der Waals surface area contributed by atoms with Crippen LogP contribution in [0.1, 0.15) is 57.8 Å². The molecule has 8 heteroatoms. The van der Waals surface area contributed by atoms with Crippen LogP contribution in [0.2, 0.25) is 0 Å². The van der Waals surface area contributed by atoms with Gasteiger partial charge in [0.25, 0.3) is 0 Å². The van der Waals surface area contributed by atoms with Crippen molar-refractivity contribution in [2.45, 2.75) is 57.5 Å². The van der Waals surface area contributed by atoms with Gasteiger partial charge >= 0.3 is 0 Å². The average molecular weight is 367 g/mol. The Hall–Kier alpha value is -2.77. The Balaban J connectivity index is 1.65. The third-order valence-corrected chi connectivity index (χ3v) is 5.55. The maximum absolute atomic E-state index is 13.5. The van der Waals surface area contributed by atoms with E-state index in [0.29, 0.717) is 0 Å². The first-order valence-electron chi connectivity index (χ1n) is 9.59. The van der Waals surface area contributed by atoms with E-state index in [-0.39, 0.29) is 17.9 Å². The van der Waals surface area contributed by atoms with Gasteiger partial charge < -0.3 is 10.3 Å². The van der Waals surface area contributed by atoms with E-state index >= 15 is 0 Å². The molecule has 1 amide bonds. The molecule has 3 aromatic rings. The van der Waals surface area contributed by atoms with Crippen LogP contribution in [0.25, 0.3) is 11.0 Å². The lowest BCUT2D eigenvalue weighted by Gasteiger charge is -2.36. The topological polar surface area (TPSA) is 101 Å². The first-order valence-corrected chi connectivity index (χ1v) is 9.59. The number of para-hydroxylation sites is 2. The third-order valence-electron chi connectivity index (χ3n) is 5.55. The normalized spacial score (nSPS) is 17.9. The molecule has 8 nitrogen and oxygen atoms in total. The summed E-state index contributed by atoms with van der Waals surface area (Å²) in [6, 6.07) is 7.69. The zero-order valence-electron chi connectivity index (χ0n) is 15.7. The fourth-order valence-corrected chi connectivity index (χ4v) is 4.00. The SMILES string of the molecule is CC(C)[C@H](NC(=O)C1(n2cnnn2)CCCCC1)c1nc2ccccc2[nH]1. The molecule has 1 aromatic carbocycles. The Morgan fingerprint density at radius 1 is 1.22 bits per heavy atom. The van der Waals surface area contributed by atoms with Gasteiger partial charge in [0.2, 0.25) is 5.91 Å². The van der Waals surface area contributed by atoms with Crippen molar-refractivity contribution >= 4 is 16.9 Å². The number of aromatic amines is 1. The van der Waals surface area contributed by atoms with E-state index < -0.39 is 5.54 Å². The summed E-state index contributed by atoms with van der Waals surface area (Å²) in [5, 5.41) is 14.8. The minimum atomic E-state index is -0.721. The Bertz CT molecular complexity index is 876. The largest absolute Gasteiger partial charge is 0.344 e. The molecule has 0 saturated heterocycles. The van der Waals surface area contributed by atoms with Crippen molar-refractivity contribution in [2.75, 3.05) is 0 Å². The Morgan fingerprint density at radius 2 is 2.00 bits per heavy atom. The van der Waals surface area contributed by atoms with E-state index in [1.54, 1.807) is 11.0 Å². The van der Waals surface area contributed by atoms with Gasteiger partial charge in [-0.3, -0.25) is 4.79 Å². The molecule has 1 aliphatic carbocycles. The number of H-pyrrole nitrogens is 1. The summed E-state index contributed by atoms with van der Waals surface area (Å²) in [4.78, 5) is 21.5. The molecule has 0 spiro atoms. The molecule has 1 saturated carbocycles. The number of nitrogens with one attached hydrogen (secondary N) is 2. The number of hydrogen-bond donors (Lipinski definition) is 2. The lowest BCUT2D eigenvalue weighted by Crippen LogP contribution is -2.52. The molecule has 2 N–H and O–H groups in total. The van der Waals surface area contributed by atoms with Crippen molar-refractivity contribution in [3.63, 3.8) is 0 Å². The third kappa shape index (κ3) is 3.20. The van der Waals surface area contributed by atoms with Crippen LogP contribution in [-0.2, 0) is 10.3 Å². The fourth-order valence-electron chi connectivity index (χ4n) is 4.00. The van der Waals surface area contributed by atoms with Crippen molar-refractivity contribution in [1.82, 2.24) is 35.5 Å². The molecule has 0 radical (unpaired) electrons. The first kappa shape index (κ1) is 17.6. The van der Waals surface area contributed by atoms with Crippen LogP contribution in [0.4, 0.5) is 0 Å². The van der Waals surface area contributed by atoms with Crippen LogP contribution in [0.15, 0.2) is 30.6 Å². The second-order valence-electron chi connectivity index (χ2n) is 7.68. The molecular formula is C19H25N7O. The summed E-state index contributed by atoms with van der Waals surface area (Å²) in [5.41, 5.74) is 1.15. The van der Waals surface area contributed by atoms with Gasteiger partial charge in [0.05, 0.1) is 17.1 Å². The second-order valence-corrected chi connectivity index (χ2v) is 7.68. The number of fused-ring (bicyclic) bond motifs is 1. The summed E-state index contributed by atoms with van der Waals surface area (Å²) in [6.07, 6.45) is 6.16. The standard InChI is InChI=1S/C19H25N7O/c1-13(2)16(17-21-14-8-4-5-9-15(14)22-17)23-18(27)19(10-6-3-7-11-19)26-12-20-24-25-26/h4-5,8-9,12-13,16H,3,6-7,10-11H2,1-2H3,(H,21,22)(H,23,27)/t16-/m0/s1. The van der Waals surface area contributed by atoms with Gasteiger partial charge in [-0.1, -0.05) is 45.2 Å². The lowest BCUT2D eigenvalue weighted by molar-refractivity contribution is -0.133. The van der Waals surface area contributed by atoms with Gasteiger partial charge in [0.1, 0.15) is 17.7 Å². The molecule has 1 atom stereocenters. The highest BCUT2D eigenvalue weighted by Crippen LogP contribution is 2.35. The predicted molar refractivity (Wildman–Crippen MR) is 101 cm³/mol. The number of rotatable bonds is 5. The first-order chi connectivity index (χ1) is 13.1. The van der Waals surface area contributed by atoms with Gasteiger partial charge in [-0.25, -0.2) is 9.67 Å². The Labute approximate surface area is 157 Å². The summed E-state index contributed by atoms with van der Waals surface area (Å²) in [7, 11) is 0. The van der Waals surface area contributed by atoms with E-state index in [4.69, 9.17) is 4.98 Å². The van der Waals surface area contributed by atoms with Crippen LogP contribution in [-0.4, -0.2) is 36.1 Å². The minimum absolute atomic E-state index is 0.0337. The van der Waals surface area contributed by atoms with Gasteiger partial charge in [0, 0.05) is 0 Å². The molecule has 0 aliphatic heterocycles. The number of carbonyl (C=O) groups is 1. The van der Waals surface area contributed by atoms with Gasteiger partial charge in [0.15, 0.2) is 0 Å². The second kappa shape index (κ2) is 7.09. The van der Waals surface area contributed by atoms with E-state index in [0.717, 1.165) is 49.0 Å². The molecule has 2 heterocycles. The van der Waals surface area contributed by atoms with Gasteiger partial charge in [-0.15, -0.1) is 5.10 Å². The number of nitrogens with zero attached hydrogens (tertiary/aromatic N) is 5. The Kier molecular flexibility index (Phi) is 4.63. The molecule has 142 valence electrons. The number of amides is 1. The van der Waals surface area contributed by atoms with Crippen LogP contribution >= 0.6 is 0 Å². The quantitative estimate of drug-likeness (QED) is 0.722. The summed E-state index contributed by atoms with van der Waals surface area (Å²) < 4.78 is 1.64. The van der Waals surface area contributed by atoms with E-state index in [9.17, 15) is 4.79 Å². The molecule has 1 aliphatic rings. The number of carbonyl (C=O) groups excluding carboxylic acids is 1. The van der Waals surface area contributed by atoms with Gasteiger partial charge in [-0.2, -0.15) is 0 Å². The Morgan fingerprint density at radius 3 is 2.67 bits per heavy atom. The highest BCUT2D eigenvalue weighted by Gasteiger charge is 2.43. The van der Waals surface area contributed by atoms with Crippen LogP contribution in [0.5, 0.6) is 0 Å². The summed E-state index contributed by atoms with van der Waals surface area (Å²) in [6.45, 7) is 4.17. The van der Waals surface area contributed by atoms with Crippen molar-refractivity contribution < 1.29 is 4.79 Å². The molecule has 1 fully saturated rings. The predicted octanol–water partition coefficient (Wildman–Crippen LogP) is 2.72. The molecule has 27 heavy (non-hydrogen) atoms. The lowest BCUT2D eigenvalue weighted by atomic mass is 9.80. The van der Waals surface area contributed by atoms with Crippen molar-refractivity contribution in [1.29, 1.82) is 0 Å². The summed E-state index contributed by atoms with van der Waals surface area (Å²) >= 11 is 0. The number of benzene rings is 1. The molecule has 0 bridgehead atoms. The maximum atomic E-state index is 13.5. The maximum Gasteiger partial charge on any atom is 0.248 e. The fraction of sp³-hybridized carbons (Fsp3) is 0.526. The molecule has 0 unspecified atom stereocenters. The number of aromatic nitrogens is 6. The van der Waals surface area contributed by atoms with Gasteiger partial charge in [-0.05, 0) is 41.3 Å². The number of imidazole rings is 1. The highest BCUT2D eigenvalue weighted by atomic mass is 16.2. The number of tetrazole rings is 1. The number of hydrogen-bond acceptors (Lipinski definition) is 5. The molecule has 4 rings (SSSR count). The van der Waals surface area contributed by atoms with Crippen LogP contribution in [0, 0.1) is 5.92 Å².